The van der Waals surface area contributed by atoms with Crippen LogP contribution >= 0.6 is 0 Å². The monoisotopic (exact) mass is 379 g/mol. The first-order chi connectivity index (χ1) is 12.2. The van der Waals surface area contributed by atoms with Crippen molar-refractivity contribution in [1.82, 2.24) is 9.55 Å². The second kappa shape index (κ2) is 7.90. The number of carbonyl (C=O) groups is 1. The summed E-state index contributed by atoms with van der Waals surface area (Å²) in [6, 6.07) is 5.14. The molecule has 0 bridgehead atoms. The number of rotatable bonds is 7. The molecule has 0 saturated heterocycles. The van der Waals surface area contributed by atoms with Crippen molar-refractivity contribution >= 4 is 21.7 Å². The zero-order chi connectivity index (χ0) is 19.5. The Hall–Kier alpha value is -2.35. The van der Waals surface area contributed by atoms with E-state index in [2.05, 4.69) is 9.71 Å². The molecule has 1 unspecified atom stereocenters. The van der Waals surface area contributed by atoms with E-state index in [-0.39, 0.29) is 28.2 Å². The third-order valence-corrected chi connectivity index (χ3v) is 5.56. The zero-order valence-electron chi connectivity index (χ0n) is 15.7. The third kappa shape index (κ3) is 4.24. The van der Waals surface area contributed by atoms with Gasteiger partial charge < -0.3 is 9.30 Å². The van der Waals surface area contributed by atoms with Crippen LogP contribution in [0.25, 0.3) is 0 Å². The van der Waals surface area contributed by atoms with Gasteiger partial charge in [0.15, 0.2) is 5.03 Å². The van der Waals surface area contributed by atoms with Gasteiger partial charge in [0.1, 0.15) is 0 Å². The molecule has 0 spiro atoms. The predicted octanol–water partition coefficient (Wildman–Crippen LogP) is 3.56. The number of ether oxygens (including phenoxy) is 1. The molecule has 1 aromatic heterocycles. The average Bonchev–Trinajstić information content (AvgIpc) is 3.11. The van der Waals surface area contributed by atoms with Gasteiger partial charge >= 0.3 is 5.97 Å². The van der Waals surface area contributed by atoms with Crippen molar-refractivity contribution in [1.29, 1.82) is 0 Å². The lowest BCUT2D eigenvalue weighted by molar-refractivity contribution is 0.0602. The number of sulfonamides is 1. The van der Waals surface area contributed by atoms with Crippen LogP contribution in [0, 0.1) is 0 Å². The van der Waals surface area contributed by atoms with Gasteiger partial charge in [0.25, 0.3) is 10.0 Å². The quantitative estimate of drug-likeness (QED) is 0.743. The van der Waals surface area contributed by atoms with Crippen molar-refractivity contribution in [2.24, 2.45) is 0 Å². The van der Waals surface area contributed by atoms with Crippen LogP contribution < -0.4 is 4.72 Å². The maximum atomic E-state index is 12.7. The van der Waals surface area contributed by atoms with Gasteiger partial charge in [0.2, 0.25) is 0 Å². The predicted molar refractivity (Wildman–Crippen MR) is 99.9 cm³/mol. The number of hydrogen-bond donors (Lipinski definition) is 1. The van der Waals surface area contributed by atoms with Gasteiger partial charge in [-0.2, -0.15) is 8.42 Å². The summed E-state index contributed by atoms with van der Waals surface area (Å²) in [5.41, 5.74) is 1.25. The summed E-state index contributed by atoms with van der Waals surface area (Å²) in [6.07, 6.45) is 3.83. The smallest absolute Gasteiger partial charge is 0.340 e. The fraction of sp³-hybridized carbons (Fsp3) is 0.444. The molecule has 26 heavy (non-hydrogen) atoms. The first kappa shape index (κ1) is 20.0. The molecular weight excluding hydrogens is 354 g/mol. The van der Waals surface area contributed by atoms with Gasteiger partial charge in [-0.05, 0) is 37.0 Å². The molecular formula is C18H25N3O4S. The second-order valence-corrected chi connectivity index (χ2v) is 8.10. The summed E-state index contributed by atoms with van der Waals surface area (Å²) in [7, 11) is -2.66. The van der Waals surface area contributed by atoms with Crippen molar-refractivity contribution in [3.8, 4) is 0 Å². The van der Waals surface area contributed by atoms with Crippen LogP contribution in [-0.2, 0) is 14.8 Å². The molecule has 7 nitrogen and oxygen atoms in total. The number of nitrogens with one attached hydrogen (secondary N) is 1. The normalized spacial score (nSPS) is 12.8. The highest BCUT2D eigenvalue weighted by Crippen LogP contribution is 2.25. The Labute approximate surface area is 154 Å². The SMILES string of the molecule is CCC(C)n1cnc(S(=O)(=O)Nc2ccc(C(C)C)cc2C(=O)OC)c1. The molecule has 1 N–H and O–H groups in total. The largest absolute Gasteiger partial charge is 0.465 e. The minimum Gasteiger partial charge on any atom is -0.465 e. The van der Waals surface area contributed by atoms with E-state index >= 15 is 0 Å². The summed E-state index contributed by atoms with van der Waals surface area (Å²) in [5, 5.41) is -0.0958. The number of carbonyl (C=O) groups excluding carboxylic acids is 1. The van der Waals surface area contributed by atoms with Gasteiger partial charge in [-0.3, -0.25) is 4.72 Å². The summed E-state index contributed by atoms with van der Waals surface area (Å²) in [5.74, 6) is -0.411. The molecule has 142 valence electrons. The maximum Gasteiger partial charge on any atom is 0.340 e. The van der Waals surface area contributed by atoms with Crippen LogP contribution in [-0.4, -0.2) is 31.0 Å². The van der Waals surface area contributed by atoms with E-state index < -0.39 is 16.0 Å². The Bertz CT molecular complexity index is 888. The molecule has 2 aromatic rings. The second-order valence-electron chi connectivity index (χ2n) is 6.47. The molecule has 0 fully saturated rings. The Morgan fingerprint density at radius 2 is 2.00 bits per heavy atom. The van der Waals surface area contributed by atoms with Crippen LogP contribution in [0.5, 0.6) is 0 Å². The fourth-order valence-corrected chi connectivity index (χ4v) is 3.41. The minimum atomic E-state index is -3.92. The number of esters is 1. The lowest BCUT2D eigenvalue weighted by Crippen LogP contribution is -2.17. The highest BCUT2D eigenvalue weighted by atomic mass is 32.2. The standard InChI is InChI=1S/C18H25N3O4S/c1-6-13(4)21-10-17(19-11-21)26(23,24)20-16-8-7-14(12(2)3)9-15(16)18(22)25-5/h7-13,20H,6H2,1-5H3. The van der Waals surface area contributed by atoms with Crippen LogP contribution in [0.15, 0.2) is 35.7 Å². The van der Waals surface area contributed by atoms with E-state index in [1.807, 2.05) is 27.7 Å². The third-order valence-electron chi connectivity index (χ3n) is 4.31. The van der Waals surface area contributed by atoms with E-state index in [0.29, 0.717) is 0 Å². The highest BCUT2D eigenvalue weighted by molar-refractivity contribution is 7.92. The molecule has 2 rings (SSSR count). The first-order valence-electron chi connectivity index (χ1n) is 8.48. The van der Waals surface area contributed by atoms with Crippen molar-refractivity contribution in [3.63, 3.8) is 0 Å². The molecule has 0 radical (unpaired) electrons. The lowest BCUT2D eigenvalue weighted by atomic mass is 10.00. The van der Waals surface area contributed by atoms with E-state index in [0.717, 1.165) is 12.0 Å². The van der Waals surface area contributed by atoms with Gasteiger partial charge in [-0.25, -0.2) is 9.78 Å². The molecule has 0 aliphatic heterocycles. The fourth-order valence-electron chi connectivity index (χ4n) is 2.39. The number of aromatic nitrogens is 2. The molecule has 0 amide bonds. The summed E-state index contributed by atoms with van der Waals surface area (Å²) < 4.78 is 34.3. The van der Waals surface area contributed by atoms with Gasteiger partial charge in [0, 0.05) is 12.2 Å². The van der Waals surface area contributed by atoms with E-state index in [1.54, 1.807) is 22.8 Å². The van der Waals surface area contributed by atoms with Crippen molar-refractivity contribution in [3.05, 3.63) is 41.9 Å². The van der Waals surface area contributed by atoms with E-state index in [1.165, 1.54) is 19.6 Å². The molecule has 0 aliphatic rings. The van der Waals surface area contributed by atoms with Crippen LogP contribution in [0.2, 0.25) is 0 Å². The Kier molecular flexibility index (Phi) is 6.07. The topological polar surface area (TPSA) is 90.3 Å². The van der Waals surface area contributed by atoms with E-state index in [4.69, 9.17) is 4.74 Å². The van der Waals surface area contributed by atoms with Gasteiger partial charge in [-0.1, -0.05) is 26.8 Å². The van der Waals surface area contributed by atoms with E-state index in [9.17, 15) is 13.2 Å². The number of imidazole rings is 1. The lowest BCUT2D eigenvalue weighted by Gasteiger charge is -2.13. The number of anilines is 1. The molecule has 0 aliphatic carbocycles. The molecule has 1 heterocycles. The summed E-state index contributed by atoms with van der Waals surface area (Å²) >= 11 is 0. The Morgan fingerprint density at radius 3 is 2.58 bits per heavy atom. The average molecular weight is 379 g/mol. The number of benzene rings is 1. The van der Waals surface area contributed by atoms with Crippen molar-refractivity contribution in [2.45, 2.75) is 51.1 Å². The maximum absolute atomic E-state index is 12.7. The van der Waals surface area contributed by atoms with Crippen LogP contribution in [0.1, 0.15) is 62.0 Å². The van der Waals surface area contributed by atoms with Crippen molar-refractivity contribution < 1.29 is 17.9 Å². The number of methoxy groups -OCH3 is 1. The zero-order valence-corrected chi connectivity index (χ0v) is 16.5. The highest BCUT2D eigenvalue weighted by Gasteiger charge is 2.22. The van der Waals surface area contributed by atoms with Gasteiger partial charge in [0.05, 0.1) is 24.7 Å². The van der Waals surface area contributed by atoms with Crippen LogP contribution in [0.4, 0.5) is 5.69 Å². The molecule has 1 aromatic carbocycles. The number of hydrogen-bond acceptors (Lipinski definition) is 5. The molecule has 0 saturated carbocycles. The summed E-state index contributed by atoms with van der Waals surface area (Å²) in [4.78, 5) is 16.1. The Balaban J connectivity index is 2.39. The van der Waals surface area contributed by atoms with Crippen molar-refractivity contribution in [2.75, 3.05) is 11.8 Å². The first-order valence-corrected chi connectivity index (χ1v) is 9.96. The summed E-state index contributed by atoms with van der Waals surface area (Å²) in [6.45, 7) is 7.96. The number of nitrogens with zero attached hydrogens (tertiary/aromatic N) is 2. The molecule has 8 heteroatoms. The Morgan fingerprint density at radius 1 is 1.31 bits per heavy atom. The van der Waals surface area contributed by atoms with Gasteiger partial charge in [-0.15, -0.1) is 0 Å². The minimum absolute atomic E-state index is 0.0958. The van der Waals surface area contributed by atoms with Crippen LogP contribution in [0.3, 0.4) is 0 Å². The molecule has 1 atom stereocenters.